The Morgan fingerprint density at radius 3 is 2.62 bits per heavy atom. The number of carbonyl (C=O) groups is 1. The first kappa shape index (κ1) is 17.2. The van der Waals surface area contributed by atoms with E-state index in [0.717, 1.165) is 43.4 Å². The minimum absolute atomic E-state index is 0.172. The summed E-state index contributed by atoms with van der Waals surface area (Å²) < 4.78 is 0. The molecule has 1 aromatic heterocycles. The number of aromatic nitrogens is 2. The molecule has 1 amide bonds. The fourth-order valence-corrected chi connectivity index (χ4v) is 2.01. The Morgan fingerprint density at radius 1 is 1.38 bits per heavy atom. The van der Waals surface area contributed by atoms with E-state index >= 15 is 0 Å². The van der Waals surface area contributed by atoms with Crippen molar-refractivity contribution in [2.24, 2.45) is 11.7 Å². The second kappa shape index (κ2) is 8.44. The van der Waals surface area contributed by atoms with Gasteiger partial charge in [-0.25, -0.2) is 9.97 Å². The predicted octanol–water partition coefficient (Wildman–Crippen LogP) is 1.81. The van der Waals surface area contributed by atoms with Crippen molar-refractivity contribution in [2.75, 3.05) is 29.9 Å². The molecule has 0 aliphatic rings. The van der Waals surface area contributed by atoms with Gasteiger partial charge in [0.15, 0.2) is 0 Å². The number of hydrogen-bond donors (Lipinski definition) is 2. The average molecular weight is 293 g/mol. The van der Waals surface area contributed by atoms with E-state index in [4.69, 9.17) is 5.73 Å². The number of primary amides is 1. The van der Waals surface area contributed by atoms with E-state index in [0.29, 0.717) is 5.92 Å². The Balaban J connectivity index is 3.06. The van der Waals surface area contributed by atoms with Crippen LogP contribution < -0.4 is 16.0 Å². The van der Waals surface area contributed by atoms with Crippen LogP contribution in [0.1, 0.15) is 39.9 Å². The molecule has 0 atom stereocenters. The minimum atomic E-state index is -0.352. The second-order valence-electron chi connectivity index (χ2n) is 5.55. The van der Waals surface area contributed by atoms with Crippen LogP contribution in [0, 0.1) is 5.92 Å². The predicted molar refractivity (Wildman–Crippen MR) is 86.4 cm³/mol. The molecule has 0 fully saturated rings. The second-order valence-corrected chi connectivity index (χ2v) is 5.55. The van der Waals surface area contributed by atoms with E-state index in [-0.39, 0.29) is 12.5 Å². The summed E-state index contributed by atoms with van der Waals surface area (Å²) in [6, 6.07) is 1.89. The molecule has 0 spiro atoms. The number of anilines is 2. The molecule has 6 heteroatoms. The molecule has 1 aromatic rings. The summed E-state index contributed by atoms with van der Waals surface area (Å²) in [6.45, 7) is 10.1. The normalized spacial score (nSPS) is 10.7. The van der Waals surface area contributed by atoms with Crippen molar-refractivity contribution < 1.29 is 4.79 Å². The number of nitrogens with zero attached hydrogens (tertiary/aromatic N) is 3. The Morgan fingerprint density at radius 2 is 2.10 bits per heavy atom. The maximum Gasteiger partial charge on any atom is 0.236 e. The smallest absolute Gasteiger partial charge is 0.236 e. The van der Waals surface area contributed by atoms with Crippen molar-refractivity contribution in [1.82, 2.24) is 9.97 Å². The lowest BCUT2D eigenvalue weighted by Gasteiger charge is -2.25. The van der Waals surface area contributed by atoms with Gasteiger partial charge in [-0.3, -0.25) is 4.79 Å². The Hall–Kier alpha value is -1.85. The van der Waals surface area contributed by atoms with Gasteiger partial charge in [-0.05, 0) is 12.3 Å². The largest absolute Gasteiger partial charge is 0.370 e. The van der Waals surface area contributed by atoms with Gasteiger partial charge < -0.3 is 16.0 Å². The molecule has 1 rings (SSSR count). The topological polar surface area (TPSA) is 84.1 Å². The number of aryl methyl sites for hydroxylation is 1. The molecule has 0 unspecified atom stereocenters. The first-order valence-corrected chi connectivity index (χ1v) is 7.61. The van der Waals surface area contributed by atoms with Crippen molar-refractivity contribution in [3.63, 3.8) is 0 Å². The van der Waals surface area contributed by atoms with Gasteiger partial charge in [0.1, 0.15) is 17.5 Å². The van der Waals surface area contributed by atoms with Gasteiger partial charge in [-0.15, -0.1) is 0 Å². The maximum atomic E-state index is 11.3. The molecule has 3 N–H and O–H groups in total. The molecule has 21 heavy (non-hydrogen) atoms. The minimum Gasteiger partial charge on any atom is -0.370 e. The van der Waals surface area contributed by atoms with Gasteiger partial charge in [0, 0.05) is 25.6 Å². The molecule has 0 saturated heterocycles. The quantitative estimate of drug-likeness (QED) is 0.725. The fraction of sp³-hybridized carbons (Fsp3) is 0.667. The van der Waals surface area contributed by atoms with Crippen LogP contribution in [0.25, 0.3) is 0 Å². The SMILES string of the molecule is CCCNc1cc(N(CC(N)=O)CC(C)C)nc(CC)n1. The third kappa shape index (κ3) is 5.97. The van der Waals surface area contributed by atoms with Crippen molar-refractivity contribution in [1.29, 1.82) is 0 Å². The van der Waals surface area contributed by atoms with Crippen molar-refractivity contribution in [3.05, 3.63) is 11.9 Å². The van der Waals surface area contributed by atoms with E-state index in [2.05, 4.69) is 36.1 Å². The van der Waals surface area contributed by atoms with Crippen LogP contribution in [-0.2, 0) is 11.2 Å². The van der Waals surface area contributed by atoms with E-state index in [1.165, 1.54) is 0 Å². The molecule has 6 nitrogen and oxygen atoms in total. The molecular formula is C15H27N5O. The van der Waals surface area contributed by atoms with E-state index in [1.54, 1.807) is 0 Å². The first-order valence-electron chi connectivity index (χ1n) is 7.61. The molecule has 0 aliphatic carbocycles. The Bertz CT molecular complexity index is 461. The van der Waals surface area contributed by atoms with Crippen LogP contribution in [0.4, 0.5) is 11.6 Å². The summed E-state index contributed by atoms with van der Waals surface area (Å²) in [5, 5.41) is 3.28. The van der Waals surface area contributed by atoms with Gasteiger partial charge in [0.2, 0.25) is 5.91 Å². The third-order valence-corrected chi connectivity index (χ3v) is 2.89. The zero-order valence-corrected chi connectivity index (χ0v) is 13.5. The molecular weight excluding hydrogens is 266 g/mol. The van der Waals surface area contributed by atoms with Crippen molar-refractivity contribution in [3.8, 4) is 0 Å². The van der Waals surface area contributed by atoms with E-state index in [9.17, 15) is 4.79 Å². The molecule has 0 bridgehead atoms. The van der Waals surface area contributed by atoms with Crippen molar-refractivity contribution >= 4 is 17.5 Å². The van der Waals surface area contributed by atoms with Gasteiger partial charge >= 0.3 is 0 Å². The van der Waals surface area contributed by atoms with Crippen LogP contribution in [0.3, 0.4) is 0 Å². The van der Waals surface area contributed by atoms with Crippen molar-refractivity contribution in [2.45, 2.75) is 40.5 Å². The first-order chi connectivity index (χ1) is 9.96. The van der Waals surface area contributed by atoms with Crippen LogP contribution in [-0.4, -0.2) is 35.5 Å². The highest BCUT2D eigenvalue weighted by atomic mass is 16.1. The summed E-state index contributed by atoms with van der Waals surface area (Å²) in [4.78, 5) is 22.2. The average Bonchev–Trinajstić information content (AvgIpc) is 2.43. The zero-order valence-electron chi connectivity index (χ0n) is 13.5. The number of hydrogen-bond acceptors (Lipinski definition) is 5. The summed E-state index contributed by atoms with van der Waals surface area (Å²) >= 11 is 0. The highest BCUT2D eigenvalue weighted by Gasteiger charge is 2.15. The van der Waals surface area contributed by atoms with E-state index < -0.39 is 0 Å². The lowest BCUT2D eigenvalue weighted by Crippen LogP contribution is -2.37. The van der Waals surface area contributed by atoms with E-state index in [1.807, 2.05) is 17.9 Å². The van der Waals surface area contributed by atoms with Gasteiger partial charge in [-0.2, -0.15) is 0 Å². The highest BCUT2D eigenvalue weighted by Crippen LogP contribution is 2.17. The van der Waals surface area contributed by atoms with Crippen LogP contribution >= 0.6 is 0 Å². The van der Waals surface area contributed by atoms with Gasteiger partial charge in [0.25, 0.3) is 0 Å². The summed E-state index contributed by atoms with van der Waals surface area (Å²) in [5.41, 5.74) is 5.36. The highest BCUT2D eigenvalue weighted by molar-refractivity contribution is 5.79. The van der Waals surface area contributed by atoms with Crippen LogP contribution in [0.5, 0.6) is 0 Å². The zero-order chi connectivity index (χ0) is 15.8. The number of nitrogens with two attached hydrogens (primary N) is 1. The Kier molecular flexibility index (Phi) is 6.91. The van der Waals surface area contributed by atoms with Crippen LogP contribution in [0.15, 0.2) is 6.07 Å². The lowest BCUT2D eigenvalue weighted by molar-refractivity contribution is -0.116. The molecule has 0 radical (unpaired) electrons. The summed E-state index contributed by atoms with van der Waals surface area (Å²) in [7, 11) is 0. The number of carbonyl (C=O) groups excluding carboxylic acids is 1. The monoisotopic (exact) mass is 293 g/mol. The third-order valence-electron chi connectivity index (χ3n) is 2.89. The molecule has 118 valence electrons. The molecule has 1 heterocycles. The van der Waals surface area contributed by atoms with Gasteiger partial charge in [0.05, 0.1) is 6.54 Å². The lowest BCUT2D eigenvalue weighted by atomic mass is 10.2. The maximum absolute atomic E-state index is 11.3. The number of amides is 1. The Labute approximate surface area is 127 Å². The van der Waals surface area contributed by atoms with Crippen LogP contribution in [0.2, 0.25) is 0 Å². The molecule has 0 aromatic carbocycles. The number of rotatable bonds is 9. The van der Waals surface area contributed by atoms with Gasteiger partial charge in [-0.1, -0.05) is 27.7 Å². The number of nitrogens with one attached hydrogen (secondary N) is 1. The summed E-state index contributed by atoms with van der Waals surface area (Å²) in [6.07, 6.45) is 1.78. The molecule has 0 aliphatic heterocycles. The summed E-state index contributed by atoms with van der Waals surface area (Å²) in [5.74, 6) is 2.39. The standard InChI is InChI=1S/C15H27N5O/c1-5-7-17-14-8-15(19-13(6-2)18-14)20(9-11(3)4)10-12(16)21/h8,11H,5-7,9-10H2,1-4H3,(H2,16,21)(H,17,18,19). The fourth-order valence-electron chi connectivity index (χ4n) is 2.01. The molecule has 0 saturated carbocycles.